The van der Waals surface area contributed by atoms with E-state index in [1.54, 1.807) is 0 Å². The lowest BCUT2D eigenvalue weighted by Gasteiger charge is -2.01. The molecule has 1 rings (SSSR count). The Balaban J connectivity index is 0.000000371. The van der Waals surface area contributed by atoms with Crippen molar-refractivity contribution in [3.63, 3.8) is 0 Å². The van der Waals surface area contributed by atoms with Gasteiger partial charge in [0.05, 0.1) is 6.10 Å². The fraction of sp³-hybridized carbons (Fsp3) is 1.00. The van der Waals surface area contributed by atoms with Crippen LogP contribution in [-0.2, 0) is 4.74 Å². The molecule has 62 valence electrons. The van der Waals surface area contributed by atoms with E-state index >= 15 is 0 Å². The Bertz CT molecular complexity index is 71.1. The summed E-state index contributed by atoms with van der Waals surface area (Å²) in [7, 11) is 0. The van der Waals surface area contributed by atoms with Crippen LogP contribution in [0.4, 0.5) is 0 Å². The molecule has 10 heavy (non-hydrogen) atoms. The Morgan fingerprint density at radius 1 is 1.40 bits per heavy atom. The van der Waals surface area contributed by atoms with Crippen LogP contribution >= 0.6 is 0 Å². The summed E-state index contributed by atoms with van der Waals surface area (Å²) in [5, 5.41) is 0. The molecule has 0 amide bonds. The Kier molecular flexibility index (Phi) is 5.70. The standard InChI is InChI=1S/C7H14O.C2H6/c1-3-7-4-6(2)5-8-7;1-2/h6-7H,3-5H2,1-2H3;1-2H3. The van der Waals surface area contributed by atoms with E-state index in [2.05, 4.69) is 13.8 Å². The molecule has 0 aromatic rings. The molecular weight excluding hydrogens is 124 g/mol. The first-order valence-electron chi connectivity index (χ1n) is 4.44. The topological polar surface area (TPSA) is 9.23 Å². The lowest BCUT2D eigenvalue weighted by Crippen LogP contribution is -2.00. The second-order valence-corrected chi connectivity index (χ2v) is 2.70. The van der Waals surface area contributed by atoms with E-state index in [-0.39, 0.29) is 0 Å². The third-order valence-corrected chi connectivity index (χ3v) is 1.74. The van der Waals surface area contributed by atoms with Crippen molar-refractivity contribution < 1.29 is 4.74 Å². The van der Waals surface area contributed by atoms with Gasteiger partial charge in [-0.3, -0.25) is 0 Å². The Morgan fingerprint density at radius 3 is 2.20 bits per heavy atom. The quantitative estimate of drug-likeness (QED) is 0.550. The molecule has 0 radical (unpaired) electrons. The van der Waals surface area contributed by atoms with Crippen molar-refractivity contribution in [3.8, 4) is 0 Å². The zero-order valence-corrected chi connectivity index (χ0v) is 7.68. The van der Waals surface area contributed by atoms with Crippen LogP contribution < -0.4 is 0 Å². The number of rotatable bonds is 1. The van der Waals surface area contributed by atoms with E-state index < -0.39 is 0 Å². The molecule has 1 saturated heterocycles. The van der Waals surface area contributed by atoms with Crippen molar-refractivity contribution in [2.45, 2.75) is 46.6 Å². The summed E-state index contributed by atoms with van der Waals surface area (Å²) in [5.41, 5.74) is 0. The molecule has 0 saturated carbocycles. The first-order chi connectivity index (χ1) is 4.83. The average Bonchev–Trinajstić information content (AvgIpc) is 2.40. The van der Waals surface area contributed by atoms with Gasteiger partial charge in [-0.1, -0.05) is 27.7 Å². The first kappa shape index (κ1) is 9.96. The summed E-state index contributed by atoms with van der Waals surface area (Å²) in [6.07, 6.45) is 3.03. The smallest absolute Gasteiger partial charge is 0.0576 e. The summed E-state index contributed by atoms with van der Waals surface area (Å²) in [4.78, 5) is 0. The molecule has 1 aliphatic rings. The molecule has 1 fully saturated rings. The van der Waals surface area contributed by atoms with Gasteiger partial charge in [0, 0.05) is 6.61 Å². The monoisotopic (exact) mass is 144 g/mol. The predicted molar refractivity (Wildman–Crippen MR) is 45.2 cm³/mol. The van der Waals surface area contributed by atoms with E-state index in [4.69, 9.17) is 4.74 Å². The van der Waals surface area contributed by atoms with Gasteiger partial charge < -0.3 is 4.74 Å². The lowest BCUT2D eigenvalue weighted by molar-refractivity contribution is 0.105. The van der Waals surface area contributed by atoms with Gasteiger partial charge in [0.2, 0.25) is 0 Å². The van der Waals surface area contributed by atoms with E-state index in [0.29, 0.717) is 6.10 Å². The average molecular weight is 144 g/mol. The molecule has 0 aromatic carbocycles. The van der Waals surface area contributed by atoms with Crippen molar-refractivity contribution in [2.24, 2.45) is 5.92 Å². The molecule has 2 unspecified atom stereocenters. The van der Waals surface area contributed by atoms with Gasteiger partial charge in [-0.05, 0) is 18.8 Å². The number of ether oxygens (including phenoxy) is 1. The summed E-state index contributed by atoms with van der Waals surface area (Å²) >= 11 is 0. The molecule has 1 aliphatic heterocycles. The summed E-state index contributed by atoms with van der Waals surface area (Å²) in [5.74, 6) is 0.806. The van der Waals surface area contributed by atoms with Gasteiger partial charge in [-0.15, -0.1) is 0 Å². The Hall–Kier alpha value is -0.0400. The summed E-state index contributed by atoms with van der Waals surface area (Å²) in [6, 6.07) is 0. The Morgan fingerprint density at radius 2 is 2.00 bits per heavy atom. The summed E-state index contributed by atoms with van der Waals surface area (Å²) < 4.78 is 5.41. The van der Waals surface area contributed by atoms with Crippen LogP contribution in [0.2, 0.25) is 0 Å². The zero-order chi connectivity index (χ0) is 7.98. The van der Waals surface area contributed by atoms with Gasteiger partial charge >= 0.3 is 0 Å². The fourth-order valence-corrected chi connectivity index (χ4v) is 1.17. The Labute approximate surface area is 64.8 Å². The van der Waals surface area contributed by atoms with Crippen LogP contribution in [0.3, 0.4) is 0 Å². The molecule has 0 N–H and O–H groups in total. The van der Waals surface area contributed by atoms with Crippen molar-refractivity contribution in [2.75, 3.05) is 6.61 Å². The maximum Gasteiger partial charge on any atom is 0.0576 e. The van der Waals surface area contributed by atoms with Crippen LogP contribution in [0.5, 0.6) is 0 Å². The minimum atomic E-state index is 0.574. The molecule has 1 nitrogen and oxygen atoms in total. The lowest BCUT2D eigenvalue weighted by atomic mass is 10.1. The highest BCUT2D eigenvalue weighted by molar-refractivity contribution is 4.67. The van der Waals surface area contributed by atoms with Crippen molar-refractivity contribution in [1.29, 1.82) is 0 Å². The largest absolute Gasteiger partial charge is 0.378 e. The van der Waals surface area contributed by atoms with Crippen LogP contribution in [0.25, 0.3) is 0 Å². The predicted octanol–water partition coefficient (Wildman–Crippen LogP) is 2.85. The van der Waals surface area contributed by atoms with Crippen LogP contribution in [0.1, 0.15) is 40.5 Å². The van der Waals surface area contributed by atoms with Crippen LogP contribution in [0.15, 0.2) is 0 Å². The highest BCUT2D eigenvalue weighted by Gasteiger charge is 2.19. The third kappa shape index (κ3) is 3.21. The van der Waals surface area contributed by atoms with Crippen molar-refractivity contribution in [3.05, 3.63) is 0 Å². The van der Waals surface area contributed by atoms with Crippen LogP contribution in [-0.4, -0.2) is 12.7 Å². The minimum Gasteiger partial charge on any atom is -0.378 e. The highest BCUT2D eigenvalue weighted by Crippen LogP contribution is 2.20. The molecule has 1 heteroatoms. The maximum absolute atomic E-state index is 5.41. The van der Waals surface area contributed by atoms with Crippen LogP contribution in [0, 0.1) is 5.92 Å². The zero-order valence-electron chi connectivity index (χ0n) is 7.68. The van der Waals surface area contributed by atoms with E-state index in [1.807, 2.05) is 13.8 Å². The fourth-order valence-electron chi connectivity index (χ4n) is 1.17. The van der Waals surface area contributed by atoms with E-state index in [0.717, 1.165) is 12.5 Å². The van der Waals surface area contributed by atoms with Gasteiger partial charge in [0.25, 0.3) is 0 Å². The van der Waals surface area contributed by atoms with Gasteiger partial charge in [0.1, 0.15) is 0 Å². The van der Waals surface area contributed by atoms with Gasteiger partial charge in [-0.25, -0.2) is 0 Å². The minimum absolute atomic E-state index is 0.574. The maximum atomic E-state index is 5.41. The molecule has 0 aromatic heterocycles. The third-order valence-electron chi connectivity index (χ3n) is 1.74. The molecule has 1 heterocycles. The van der Waals surface area contributed by atoms with Crippen molar-refractivity contribution >= 4 is 0 Å². The number of hydrogen-bond acceptors (Lipinski definition) is 1. The molecular formula is C9H20O. The second kappa shape index (κ2) is 5.72. The van der Waals surface area contributed by atoms with E-state index in [1.165, 1.54) is 12.8 Å². The normalized spacial score (nSPS) is 31.2. The SMILES string of the molecule is CC.CCC1CC(C)CO1. The molecule has 0 bridgehead atoms. The molecule has 0 spiro atoms. The highest BCUT2D eigenvalue weighted by atomic mass is 16.5. The first-order valence-corrected chi connectivity index (χ1v) is 4.44. The van der Waals surface area contributed by atoms with Crippen molar-refractivity contribution in [1.82, 2.24) is 0 Å². The van der Waals surface area contributed by atoms with E-state index in [9.17, 15) is 0 Å². The molecule has 0 aliphatic carbocycles. The number of hydrogen-bond donors (Lipinski definition) is 0. The second-order valence-electron chi connectivity index (χ2n) is 2.70. The summed E-state index contributed by atoms with van der Waals surface area (Å²) in [6.45, 7) is 9.41. The van der Waals surface area contributed by atoms with Gasteiger partial charge in [-0.2, -0.15) is 0 Å². The molecule has 2 atom stereocenters. The van der Waals surface area contributed by atoms with Gasteiger partial charge in [0.15, 0.2) is 0 Å².